The molecule has 2 aromatic rings. The van der Waals surface area contributed by atoms with Gasteiger partial charge in [-0.25, -0.2) is 4.68 Å². The molecule has 0 radical (unpaired) electrons. The second-order valence-electron chi connectivity index (χ2n) is 5.90. The summed E-state index contributed by atoms with van der Waals surface area (Å²) in [6.07, 6.45) is 6.05. The van der Waals surface area contributed by atoms with Crippen LogP contribution in [0.2, 0.25) is 0 Å². The molecule has 7 heteroatoms. The van der Waals surface area contributed by atoms with Gasteiger partial charge in [0.25, 0.3) is 0 Å². The van der Waals surface area contributed by atoms with Crippen LogP contribution in [0, 0.1) is 5.92 Å². The number of nitrogens with zero attached hydrogens (tertiary/aromatic N) is 2. The number of anilines is 1. The molecule has 1 saturated carbocycles. The van der Waals surface area contributed by atoms with E-state index < -0.39 is 0 Å². The van der Waals surface area contributed by atoms with Gasteiger partial charge in [-0.3, -0.25) is 9.59 Å². The van der Waals surface area contributed by atoms with Gasteiger partial charge in [0.1, 0.15) is 0 Å². The average molecular weight is 327 g/mol. The van der Waals surface area contributed by atoms with Gasteiger partial charge in [0.05, 0.1) is 18.8 Å². The van der Waals surface area contributed by atoms with Gasteiger partial charge in [-0.2, -0.15) is 5.10 Å². The molecule has 24 heavy (non-hydrogen) atoms. The zero-order valence-electron chi connectivity index (χ0n) is 13.4. The van der Waals surface area contributed by atoms with Crippen LogP contribution in [0.4, 0.5) is 5.69 Å². The highest BCUT2D eigenvalue weighted by Gasteiger charge is 2.20. The third-order valence-electron chi connectivity index (χ3n) is 3.78. The van der Waals surface area contributed by atoms with Gasteiger partial charge < -0.3 is 16.0 Å². The maximum atomic E-state index is 11.9. The van der Waals surface area contributed by atoms with Crippen molar-refractivity contribution in [2.24, 2.45) is 5.92 Å². The van der Waals surface area contributed by atoms with E-state index in [4.69, 9.17) is 0 Å². The minimum absolute atomic E-state index is 0.0369. The molecule has 0 unspecified atom stereocenters. The Kier molecular flexibility index (Phi) is 5.22. The molecule has 126 valence electrons. The molecule has 3 rings (SSSR count). The fourth-order valence-corrected chi connectivity index (χ4v) is 2.28. The Morgan fingerprint density at radius 2 is 1.92 bits per heavy atom. The van der Waals surface area contributed by atoms with E-state index in [1.54, 1.807) is 23.0 Å². The zero-order valence-corrected chi connectivity index (χ0v) is 13.4. The van der Waals surface area contributed by atoms with E-state index in [-0.39, 0.29) is 24.9 Å². The average Bonchev–Trinajstić information content (AvgIpc) is 3.24. The summed E-state index contributed by atoms with van der Waals surface area (Å²) in [4.78, 5) is 23.5. The lowest BCUT2D eigenvalue weighted by molar-refractivity contribution is -0.123. The molecule has 3 N–H and O–H groups in total. The highest BCUT2D eigenvalue weighted by atomic mass is 16.2. The standard InChI is InChI=1S/C17H21N5O2/c23-16(11-18-10-13-2-3-13)19-12-17(24)21-14-4-6-15(7-5-14)22-9-1-8-20-22/h1,4-9,13,18H,2-3,10-12H2,(H,19,23)(H,21,24). The molecule has 2 amide bonds. The summed E-state index contributed by atoms with van der Waals surface area (Å²) < 4.78 is 1.74. The highest BCUT2D eigenvalue weighted by molar-refractivity contribution is 5.94. The summed E-state index contributed by atoms with van der Waals surface area (Å²) in [5.74, 6) is 0.308. The van der Waals surface area contributed by atoms with Gasteiger partial charge in [-0.15, -0.1) is 0 Å². The smallest absolute Gasteiger partial charge is 0.243 e. The first kappa shape index (κ1) is 16.2. The fourth-order valence-electron chi connectivity index (χ4n) is 2.28. The van der Waals surface area contributed by atoms with Crippen molar-refractivity contribution in [2.45, 2.75) is 12.8 Å². The summed E-state index contributed by atoms with van der Waals surface area (Å²) >= 11 is 0. The predicted molar refractivity (Wildman–Crippen MR) is 90.8 cm³/mol. The quantitative estimate of drug-likeness (QED) is 0.673. The molecule has 1 aromatic carbocycles. The van der Waals surface area contributed by atoms with E-state index in [0.717, 1.165) is 18.2 Å². The van der Waals surface area contributed by atoms with E-state index in [2.05, 4.69) is 21.0 Å². The molecular formula is C17H21N5O2. The number of carbonyl (C=O) groups excluding carboxylic acids is 2. The molecule has 1 aliphatic carbocycles. The number of aromatic nitrogens is 2. The van der Waals surface area contributed by atoms with Crippen LogP contribution in [0.5, 0.6) is 0 Å². The van der Waals surface area contributed by atoms with Crippen LogP contribution in [-0.2, 0) is 9.59 Å². The zero-order chi connectivity index (χ0) is 16.8. The maximum Gasteiger partial charge on any atom is 0.243 e. The van der Waals surface area contributed by atoms with Crippen molar-refractivity contribution in [3.8, 4) is 5.69 Å². The summed E-state index contributed by atoms with van der Waals surface area (Å²) in [7, 11) is 0. The lowest BCUT2D eigenvalue weighted by Crippen LogP contribution is -2.38. The van der Waals surface area contributed by atoms with Gasteiger partial charge >= 0.3 is 0 Å². The Hall–Kier alpha value is -2.67. The topological polar surface area (TPSA) is 88.0 Å². The molecule has 0 spiro atoms. The van der Waals surface area contributed by atoms with Crippen molar-refractivity contribution in [1.82, 2.24) is 20.4 Å². The molecule has 1 aromatic heterocycles. The highest BCUT2D eigenvalue weighted by Crippen LogP contribution is 2.27. The van der Waals surface area contributed by atoms with E-state index >= 15 is 0 Å². The molecule has 1 fully saturated rings. The Morgan fingerprint density at radius 3 is 2.58 bits per heavy atom. The Morgan fingerprint density at radius 1 is 1.12 bits per heavy atom. The van der Waals surface area contributed by atoms with Crippen molar-refractivity contribution in [3.63, 3.8) is 0 Å². The molecule has 1 heterocycles. The van der Waals surface area contributed by atoms with Crippen molar-refractivity contribution >= 4 is 17.5 Å². The molecular weight excluding hydrogens is 306 g/mol. The fraction of sp³-hybridized carbons (Fsp3) is 0.353. The van der Waals surface area contributed by atoms with Crippen LogP contribution >= 0.6 is 0 Å². The van der Waals surface area contributed by atoms with Gasteiger partial charge in [-0.05, 0) is 55.6 Å². The molecule has 7 nitrogen and oxygen atoms in total. The van der Waals surface area contributed by atoms with Crippen LogP contribution < -0.4 is 16.0 Å². The van der Waals surface area contributed by atoms with Crippen molar-refractivity contribution in [2.75, 3.05) is 25.0 Å². The van der Waals surface area contributed by atoms with Crippen LogP contribution in [0.25, 0.3) is 5.69 Å². The summed E-state index contributed by atoms with van der Waals surface area (Å²) in [6.45, 7) is 1.09. The monoisotopic (exact) mass is 327 g/mol. The van der Waals surface area contributed by atoms with Gasteiger partial charge in [0, 0.05) is 18.1 Å². The Balaban J connectivity index is 1.38. The predicted octanol–water partition coefficient (Wildman–Crippen LogP) is 0.927. The van der Waals surface area contributed by atoms with Gasteiger partial charge in [0.2, 0.25) is 11.8 Å². The minimum atomic E-state index is -0.252. The number of hydrogen-bond acceptors (Lipinski definition) is 4. The number of carbonyl (C=O) groups is 2. The first-order valence-corrected chi connectivity index (χ1v) is 8.08. The molecule has 0 saturated heterocycles. The van der Waals surface area contributed by atoms with E-state index in [1.807, 2.05) is 24.4 Å². The van der Waals surface area contributed by atoms with E-state index in [9.17, 15) is 9.59 Å². The Labute approximate surface area is 140 Å². The van der Waals surface area contributed by atoms with Crippen LogP contribution in [-0.4, -0.2) is 41.2 Å². The first-order chi connectivity index (χ1) is 11.7. The van der Waals surface area contributed by atoms with Gasteiger partial charge in [-0.1, -0.05) is 0 Å². The lowest BCUT2D eigenvalue weighted by Gasteiger charge is -2.08. The second-order valence-corrected chi connectivity index (χ2v) is 5.90. The number of amides is 2. The van der Waals surface area contributed by atoms with Crippen molar-refractivity contribution in [1.29, 1.82) is 0 Å². The number of benzene rings is 1. The van der Waals surface area contributed by atoms with Crippen LogP contribution in [0.3, 0.4) is 0 Å². The number of rotatable bonds is 8. The molecule has 0 bridgehead atoms. The summed E-state index contributed by atoms with van der Waals surface area (Å²) in [5, 5.41) is 12.6. The van der Waals surface area contributed by atoms with Crippen LogP contribution in [0.15, 0.2) is 42.7 Å². The lowest BCUT2D eigenvalue weighted by atomic mass is 10.3. The third-order valence-corrected chi connectivity index (χ3v) is 3.78. The number of hydrogen-bond donors (Lipinski definition) is 3. The van der Waals surface area contributed by atoms with E-state index in [1.165, 1.54) is 12.8 Å². The minimum Gasteiger partial charge on any atom is -0.346 e. The SMILES string of the molecule is O=C(CNCC1CC1)NCC(=O)Nc1ccc(-n2cccn2)cc1. The third kappa shape index (κ3) is 4.92. The van der Waals surface area contributed by atoms with Gasteiger partial charge in [0.15, 0.2) is 0 Å². The normalized spacial score (nSPS) is 13.5. The largest absolute Gasteiger partial charge is 0.346 e. The first-order valence-electron chi connectivity index (χ1n) is 8.08. The second kappa shape index (κ2) is 7.74. The summed E-state index contributed by atoms with van der Waals surface area (Å²) in [6, 6.07) is 9.17. The maximum absolute atomic E-state index is 11.9. The van der Waals surface area contributed by atoms with Crippen molar-refractivity contribution < 1.29 is 9.59 Å². The Bertz CT molecular complexity index is 678. The molecule has 0 aliphatic heterocycles. The van der Waals surface area contributed by atoms with E-state index in [0.29, 0.717) is 5.69 Å². The molecule has 0 atom stereocenters. The van der Waals surface area contributed by atoms with Crippen LogP contribution in [0.1, 0.15) is 12.8 Å². The number of nitrogens with one attached hydrogen (secondary N) is 3. The summed E-state index contributed by atoms with van der Waals surface area (Å²) in [5.41, 5.74) is 1.59. The molecule has 1 aliphatic rings. The van der Waals surface area contributed by atoms with Crippen molar-refractivity contribution in [3.05, 3.63) is 42.7 Å².